The highest BCUT2D eigenvalue weighted by molar-refractivity contribution is 9.10. The molecule has 1 aromatic rings. The number of rotatable bonds is 3. The Morgan fingerprint density at radius 2 is 2.16 bits per heavy atom. The van der Waals surface area contributed by atoms with Crippen molar-refractivity contribution in [2.24, 2.45) is 5.92 Å². The topological polar surface area (TPSA) is 29.1 Å². The van der Waals surface area contributed by atoms with E-state index in [1.54, 1.807) is 12.1 Å². The van der Waals surface area contributed by atoms with Crippen LogP contribution in [0.3, 0.4) is 0 Å². The largest absolute Gasteiger partial charge is 0.349 e. The van der Waals surface area contributed by atoms with Crippen molar-refractivity contribution in [1.82, 2.24) is 5.32 Å². The van der Waals surface area contributed by atoms with Gasteiger partial charge in [-0.3, -0.25) is 4.79 Å². The van der Waals surface area contributed by atoms with Gasteiger partial charge < -0.3 is 5.32 Å². The van der Waals surface area contributed by atoms with Crippen LogP contribution in [0.15, 0.2) is 22.7 Å². The molecule has 1 aliphatic carbocycles. The third-order valence-electron chi connectivity index (χ3n) is 3.94. The molecule has 1 aromatic carbocycles. The summed E-state index contributed by atoms with van der Waals surface area (Å²) in [4.78, 5) is 12.2. The van der Waals surface area contributed by atoms with Crippen molar-refractivity contribution in [3.05, 3.63) is 34.1 Å². The highest BCUT2D eigenvalue weighted by atomic mass is 79.9. The molecule has 2 unspecified atom stereocenters. The van der Waals surface area contributed by atoms with E-state index in [1.165, 1.54) is 12.5 Å². The monoisotopic (exact) mass is 327 g/mol. The van der Waals surface area contributed by atoms with E-state index < -0.39 is 5.82 Å². The SMILES string of the molecule is CCC1CCCCC1NC(=O)c1c(F)cccc1Br. The van der Waals surface area contributed by atoms with Crippen molar-refractivity contribution in [3.63, 3.8) is 0 Å². The molecule has 1 amide bonds. The Morgan fingerprint density at radius 1 is 1.42 bits per heavy atom. The molecule has 0 radical (unpaired) electrons. The van der Waals surface area contributed by atoms with E-state index in [-0.39, 0.29) is 17.5 Å². The van der Waals surface area contributed by atoms with Gasteiger partial charge in [0.2, 0.25) is 0 Å². The molecule has 1 saturated carbocycles. The first-order valence-corrected chi connectivity index (χ1v) is 7.67. The van der Waals surface area contributed by atoms with Crippen LogP contribution in [-0.2, 0) is 0 Å². The second-order valence-electron chi connectivity index (χ2n) is 5.13. The van der Waals surface area contributed by atoms with Gasteiger partial charge in [-0.15, -0.1) is 0 Å². The lowest BCUT2D eigenvalue weighted by Gasteiger charge is -2.31. The number of halogens is 2. The summed E-state index contributed by atoms with van der Waals surface area (Å²) in [5, 5.41) is 3.01. The summed E-state index contributed by atoms with van der Waals surface area (Å²) in [6.07, 6.45) is 5.58. The van der Waals surface area contributed by atoms with E-state index in [9.17, 15) is 9.18 Å². The maximum Gasteiger partial charge on any atom is 0.255 e. The lowest BCUT2D eigenvalue weighted by Crippen LogP contribution is -2.42. The van der Waals surface area contributed by atoms with Gasteiger partial charge in [0, 0.05) is 10.5 Å². The zero-order valence-corrected chi connectivity index (χ0v) is 12.7. The van der Waals surface area contributed by atoms with Crippen LogP contribution in [-0.4, -0.2) is 11.9 Å². The fraction of sp³-hybridized carbons (Fsp3) is 0.533. The highest BCUT2D eigenvalue weighted by Gasteiger charge is 2.26. The Labute approximate surface area is 121 Å². The van der Waals surface area contributed by atoms with Crippen LogP contribution in [0.25, 0.3) is 0 Å². The maximum atomic E-state index is 13.7. The fourth-order valence-electron chi connectivity index (χ4n) is 2.84. The van der Waals surface area contributed by atoms with Gasteiger partial charge in [0.25, 0.3) is 5.91 Å². The first-order valence-electron chi connectivity index (χ1n) is 6.88. The molecular weight excluding hydrogens is 309 g/mol. The van der Waals surface area contributed by atoms with Crippen molar-refractivity contribution < 1.29 is 9.18 Å². The molecule has 1 fully saturated rings. The number of amides is 1. The Kier molecular flexibility index (Phi) is 4.97. The lowest BCUT2D eigenvalue weighted by molar-refractivity contribution is 0.0900. The Hall–Kier alpha value is -0.900. The first kappa shape index (κ1) is 14.5. The molecule has 1 N–H and O–H groups in total. The van der Waals surface area contributed by atoms with Gasteiger partial charge in [0.05, 0.1) is 5.56 Å². The minimum absolute atomic E-state index is 0.114. The van der Waals surface area contributed by atoms with Crippen molar-refractivity contribution in [2.75, 3.05) is 0 Å². The summed E-state index contributed by atoms with van der Waals surface area (Å²) in [6, 6.07) is 4.78. The highest BCUT2D eigenvalue weighted by Crippen LogP contribution is 2.28. The number of benzene rings is 1. The third-order valence-corrected chi connectivity index (χ3v) is 4.60. The molecule has 2 atom stereocenters. The zero-order valence-electron chi connectivity index (χ0n) is 11.1. The standard InChI is InChI=1S/C15H19BrFNO/c1-2-10-6-3-4-9-13(10)18-15(19)14-11(16)7-5-8-12(14)17/h5,7-8,10,13H,2-4,6,9H2,1H3,(H,18,19). The average Bonchev–Trinajstić information content (AvgIpc) is 2.39. The minimum atomic E-state index is -0.476. The first-order chi connectivity index (χ1) is 9.13. The van der Waals surface area contributed by atoms with Crippen LogP contribution in [0.5, 0.6) is 0 Å². The Balaban J connectivity index is 2.12. The molecule has 0 aliphatic heterocycles. The summed E-state index contributed by atoms with van der Waals surface area (Å²) in [5.41, 5.74) is 0.114. The third kappa shape index (κ3) is 3.35. The van der Waals surface area contributed by atoms with Crippen molar-refractivity contribution >= 4 is 21.8 Å². The molecule has 0 saturated heterocycles. The average molecular weight is 328 g/mol. The molecule has 0 heterocycles. The fourth-order valence-corrected chi connectivity index (χ4v) is 3.36. The van der Waals surface area contributed by atoms with E-state index >= 15 is 0 Å². The van der Waals surface area contributed by atoms with E-state index in [0.29, 0.717) is 10.4 Å². The Morgan fingerprint density at radius 3 is 2.84 bits per heavy atom. The van der Waals surface area contributed by atoms with Gasteiger partial charge in [-0.1, -0.05) is 32.3 Å². The minimum Gasteiger partial charge on any atom is -0.349 e. The molecular formula is C15H19BrFNO. The molecule has 0 aromatic heterocycles. The van der Waals surface area contributed by atoms with Crippen LogP contribution >= 0.6 is 15.9 Å². The number of hydrogen-bond donors (Lipinski definition) is 1. The van der Waals surface area contributed by atoms with Gasteiger partial charge in [0.1, 0.15) is 5.82 Å². The number of nitrogens with one attached hydrogen (secondary N) is 1. The summed E-state index contributed by atoms with van der Waals surface area (Å²) in [5.74, 6) is -0.269. The molecule has 19 heavy (non-hydrogen) atoms. The van der Waals surface area contributed by atoms with Gasteiger partial charge in [-0.05, 0) is 46.8 Å². The van der Waals surface area contributed by atoms with E-state index in [2.05, 4.69) is 28.2 Å². The molecule has 1 aliphatic rings. The van der Waals surface area contributed by atoms with E-state index in [4.69, 9.17) is 0 Å². The zero-order chi connectivity index (χ0) is 13.8. The maximum absolute atomic E-state index is 13.7. The lowest BCUT2D eigenvalue weighted by atomic mass is 9.83. The van der Waals surface area contributed by atoms with Crippen LogP contribution < -0.4 is 5.32 Å². The number of hydrogen-bond acceptors (Lipinski definition) is 1. The van der Waals surface area contributed by atoms with Crippen molar-refractivity contribution in [1.29, 1.82) is 0 Å². The second kappa shape index (κ2) is 6.51. The van der Waals surface area contributed by atoms with Crippen molar-refractivity contribution in [2.45, 2.75) is 45.1 Å². The second-order valence-corrected chi connectivity index (χ2v) is 5.98. The number of carbonyl (C=O) groups is 1. The molecule has 0 spiro atoms. The van der Waals surface area contributed by atoms with Gasteiger partial charge in [0.15, 0.2) is 0 Å². The van der Waals surface area contributed by atoms with Gasteiger partial charge >= 0.3 is 0 Å². The summed E-state index contributed by atoms with van der Waals surface area (Å²) < 4.78 is 14.3. The Bertz CT molecular complexity index is 443. The van der Waals surface area contributed by atoms with Gasteiger partial charge in [-0.25, -0.2) is 4.39 Å². The molecule has 2 nitrogen and oxygen atoms in total. The van der Waals surface area contributed by atoms with Crippen molar-refractivity contribution in [3.8, 4) is 0 Å². The smallest absolute Gasteiger partial charge is 0.255 e. The molecule has 104 valence electrons. The van der Waals surface area contributed by atoms with Crippen LogP contribution in [0.2, 0.25) is 0 Å². The van der Waals surface area contributed by atoms with Crippen LogP contribution in [0.4, 0.5) is 4.39 Å². The molecule has 0 bridgehead atoms. The van der Waals surface area contributed by atoms with E-state index in [1.807, 2.05) is 0 Å². The van der Waals surface area contributed by atoms with Gasteiger partial charge in [-0.2, -0.15) is 0 Å². The predicted molar refractivity (Wildman–Crippen MR) is 77.6 cm³/mol. The molecule has 4 heteroatoms. The normalized spacial score (nSPS) is 23.1. The van der Waals surface area contributed by atoms with Crippen LogP contribution in [0, 0.1) is 11.7 Å². The summed E-state index contributed by atoms with van der Waals surface area (Å²) in [6.45, 7) is 2.15. The summed E-state index contributed by atoms with van der Waals surface area (Å²) in [7, 11) is 0. The quantitative estimate of drug-likeness (QED) is 0.881. The van der Waals surface area contributed by atoms with Crippen LogP contribution in [0.1, 0.15) is 49.4 Å². The van der Waals surface area contributed by atoms with E-state index in [0.717, 1.165) is 25.7 Å². The summed E-state index contributed by atoms with van der Waals surface area (Å²) >= 11 is 3.24. The number of carbonyl (C=O) groups excluding carboxylic acids is 1. The molecule has 2 rings (SSSR count). The predicted octanol–water partition coefficient (Wildman–Crippen LogP) is 4.29.